The van der Waals surface area contributed by atoms with Crippen molar-refractivity contribution in [3.05, 3.63) is 164 Å². The van der Waals surface area contributed by atoms with Crippen molar-refractivity contribution in [1.29, 1.82) is 0 Å². The Morgan fingerprint density at radius 3 is 1.49 bits per heavy atom. The van der Waals surface area contributed by atoms with E-state index in [1.165, 1.54) is 21.5 Å². The standard InChI is InChI=1S/C44H27NO2/c1-2-8-35-29(7-1)13-14-30-17-21-33(26-38(30)35)45(34-22-24-44-40(27-34)37-10-4-6-12-42(37)47-44)32-19-15-28(16-20-32)31-18-23-43-39(25-31)36-9-3-5-11-41(36)46-43/h1-27H. The normalized spacial score (nSPS) is 11.8. The summed E-state index contributed by atoms with van der Waals surface area (Å²) in [6.45, 7) is 0. The Hall–Kier alpha value is -6.32. The molecule has 0 atom stereocenters. The zero-order valence-electron chi connectivity index (χ0n) is 25.4. The minimum atomic E-state index is 0.886. The number of nitrogens with zero attached hydrogens (tertiary/aromatic N) is 1. The van der Waals surface area contributed by atoms with Crippen LogP contribution >= 0.6 is 0 Å². The van der Waals surface area contributed by atoms with Gasteiger partial charge in [-0.2, -0.15) is 0 Å². The molecular weight excluding hydrogens is 574 g/mol. The summed E-state index contributed by atoms with van der Waals surface area (Å²) in [7, 11) is 0. The molecule has 3 nitrogen and oxygen atoms in total. The zero-order valence-corrected chi connectivity index (χ0v) is 25.4. The molecular formula is C44H27NO2. The summed E-state index contributed by atoms with van der Waals surface area (Å²) < 4.78 is 12.3. The van der Waals surface area contributed by atoms with Gasteiger partial charge in [-0.1, -0.05) is 97.1 Å². The molecule has 0 radical (unpaired) electrons. The first-order chi connectivity index (χ1) is 23.3. The first-order valence-corrected chi connectivity index (χ1v) is 15.9. The highest BCUT2D eigenvalue weighted by atomic mass is 16.3. The number of benzene rings is 8. The lowest BCUT2D eigenvalue weighted by Gasteiger charge is -2.26. The van der Waals surface area contributed by atoms with Gasteiger partial charge in [0.2, 0.25) is 0 Å². The molecule has 0 unspecified atom stereocenters. The second-order valence-electron chi connectivity index (χ2n) is 12.2. The van der Waals surface area contributed by atoms with E-state index in [9.17, 15) is 0 Å². The highest BCUT2D eigenvalue weighted by molar-refractivity contribution is 6.10. The fourth-order valence-corrected chi connectivity index (χ4v) is 7.14. The Morgan fingerprint density at radius 1 is 0.298 bits per heavy atom. The van der Waals surface area contributed by atoms with Crippen LogP contribution in [0.5, 0.6) is 0 Å². The quantitative estimate of drug-likeness (QED) is 0.188. The molecule has 2 aromatic heterocycles. The van der Waals surface area contributed by atoms with Gasteiger partial charge in [0.15, 0.2) is 0 Å². The van der Waals surface area contributed by atoms with E-state index in [1.807, 2.05) is 24.3 Å². The molecule has 0 aliphatic heterocycles. The van der Waals surface area contributed by atoms with Crippen LogP contribution in [0.2, 0.25) is 0 Å². The summed E-state index contributed by atoms with van der Waals surface area (Å²) in [4.78, 5) is 2.35. The van der Waals surface area contributed by atoms with Gasteiger partial charge in [-0.3, -0.25) is 0 Å². The van der Waals surface area contributed by atoms with Crippen LogP contribution < -0.4 is 4.90 Å². The summed E-state index contributed by atoms with van der Waals surface area (Å²) in [5.41, 5.74) is 9.16. The molecule has 0 saturated carbocycles. The molecule has 47 heavy (non-hydrogen) atoms. The maximum Gasteiger partial charge on any atom is 0.135 e. The highest BCUT2D eigenvalue weighted by Gasteiger charge is 2.17. The van der Waals surface area contributed by atoms with Gasteiger partial charge < -0.3 is 13.7 Å². The molecule has 0 aliphatic rings. The molecule has 0 saturated heterocycles. The SMILES string of the molecule is c1ccc2c(c1)ccc1ccc(N(c3ccc(-c4ccc5oc6ccccc6c5c4)cc3)c3ccc4oc5ccccc5c4c3)cc12. The average molecular weight is 602 g/mol. The van der Waals surface area contributed by atoms with E-state index in [0.29, 0.717) is 0 Å². The topological polar surface area (TPSA) is 29.5 Å². The van der Waals surface area contributed by atoms with Crippen LogP contribution in [-0.2, 0) is 0 Å². The molecule has 220 valence electrons. The van der Waals surface area contributed by atoms with Gasteiger partial charge in [0.05, 0.1) is 0 Å². The number of fused-ring (bicyclic) bond motifs is 9. The predicted octanol–water partition coefficient (Wildman–Crippen LogP) is 12.9. The molecule has 2 heterocycles. The number of furan rings is 2. The van der Waals surface area contributed by atoms with E-state index in [2.05, 4.69) is 144 Å². The number of hydrogen-bond acceptors (Lipinski definition) is 3. The van der Waals surface area contributed by atoms with E-state index in [1.54, 1.807) is 0 Å². The van der Waals surface area contributed by atoms with Gasteiger partial charge in [0.1, 0.15) is 22.3 Å². The van der Waals surface area contributed by atoms with Crippen LogP contribution in [0.1, 0.15) is 0 Å². The fourth-order valence-electron chi connectivity index (χ4n) is 7.14. The predicted molar refractivity (Wildman–Crippen MR) is 196 cm³/mol. The van der Waals surface area contributed by atoms with E-state index in [4.69, 9.17) is 8.83 Å². The zero-order chi connectivity index (χ0) is 30.9. The van der Waals surface area contributed by atoms with Gasteiger partial charge in [-0.15, -0.1) is 0 Å². The molecule has 0 bridgehead atoms. The van der Waals surface area contributed by atoms with Crippen LogP contribution in [0.15, 0.2) is 173 Å². The maximum atomic E-state index is 6.20. The monoisotopic (exact) mass is 601 g/mol. The third kappa shape index (κ3) is 4.14. The van der Waals surface area contributed by atoms with Gasteiger partial charge in [0.25, 0.3) is 0 Å². The second kappa shape index (κ2) is 10.1. The van der Waals surface area contributed by atoms with E-state index < -0.39 is 0 Å². The Morgan fingerprint density at radius 2 is 0.766 bits per heavy atom. The minimum absolute atomic E-state index is 0.886. The van der Waals surface area contributed by atoms with Gasteiger partial charge in [-0.05, 0) is 99.4 Å². The molecule has 0 spiro atoms. The number of anilines is 3. The molecule has 10 rings (SSSR count). The Balaban J connectivity index is 1.14. The maximum absolute atomic E-state index is 6.20. The van der Waals surface area contributed by atoms with Crippen molar-refractivity contribution in [1.82, 2.24) is 0 Å². The summed E-state index contributed by atoms with van der Waals surface area (Å²) >= 11 is 0. The first kappa shape index (κ1) is 26.0. The summed E-state index contributed by atoms with van der Waals surface area (Å²) in [6.07, 6.45) is 0. The van der Waals surface area contributed by atoms with Crippen LogP contribution in [0.25, 0.3) is 76.5 Å². The van der Waals surface area contributed by atoms with Crippen molar-refractivity contribution in [3.8, 4) is 11.1 Å². The van der Waals surface area contributed by atoms with Gasteiger partial charge >= 0.3 is 0 Å². The van der Waals surface area contributed by atoms with Gasteiger partial charge in [-0.25, -0.2) is 0 Å². The van der Waals surface area contributed by atoms with Crippen LogP contribution in [0, 0.1) is 0 Å². The number of para-hydroxylation sites is 2. The van der Waals surface area contributed by atoms with Crippen molar-refractivity contribution in [2.75, 3.05) is 4.90 Å². The molecule has 0 amide bonds. The van der Waals surface area contributed by atoms with Crippen molar-refractivity contribution in [2.45, 2.75) is 0 Å². The lowest BCUT2D eigenvalue weighted by Crippen LogP contribution is -2.09. The van der Waals surface area contributed by atoms with Crippen LogP contribution in [0.4, 0.5) is 17.1 Å². The molecule has 10 aromatic rings. The summed E-state index contributed by atoms with van der Waals surface area (Å²) in [5.74, 6) is 0. The second-order valence-corrected chi connectivity index (χ2v) is 12.2. The Labute approximate surface area is 270 Å². The van der Waals surface area contributed by atoms with E-state index in [-0.39, 0.29) is 0 Å². The molecule has 8 aromatic carbocycles. The lowest BCUT2D eigenvalue weighted by atomic mass is 10.00. The minimum Gasteiger partial charge on any atom is -0.456 e. The van der Waals surface area contributed by atoms with E-state index in [0.717, 1.165) is 72.1 Å². The summed E-state index contributed by atoms with van der Waals surface area (Å²) in [5, 5.41) is 9.44. The molecule has 0 aliphatic carbocycles. The molecule has 0 N–H and O–H groups in total. The van der Waals surface area contributed by atoms with Crippen LogP contribution in [-0.4, -0.2) is 0 Å². The Kier molecular flexibility index (Phi) is 5.57. The van der Waals surface area contributed by atoms with Crippen LogP contribution in [0.3, 0.4) is 0 Å². The largest absolute Gasteiger partial charge is 0.456 e. The van der Waals surface area contributed by atoms with E-state index >= 15 is 0 Å². The highest BCUT2D eigenvalue weighted by Crippen LogP contribution is 2.41. The Bertz CT molecular complexity index is 2800. The first-order valence-electron chi connectivity index (χ1n) is 15.9. The number of hydrogen-bond donors (Lipinski definition) is 0. The smallest absolute Gasteiger partial charge is 0.135 e. The van der Waals surface area contributed by atoms with Crippen molar-refractivity contribution in [2.24, 2.45) is 0 Å². The average Bonchev–Trinajstić information content (AvgIpc) is 3.70. The van der Waals surface area contributed by atoms with Gasteiger partial charge in [0, 0.05) is 38.6 Å². The third-order valence-corrected chi connectivity index (χ3v) is 9.44. The third-order valence-electron chi connectivity index (χ3n) is 9.44. The fraction of sp³-hybridized carbons (Fsp3) is 0. The lowest BCUT2D eigenvalue weighted by molar-refractivity contribution is 0.668. The molecule has 0 fully saturated rings. The summed E-state index contributed by atoms with van der Waals surface area (Å²) in [6, 6.07) is 58.1. The van der Waals surface area contributed by atoms with Crippen molar-refractivity contribution < 1.29 is 8.83 Å². The molecule has 3 heteroatoms. The number of rotatable bonds is 4. The van der Waals surface area contributed by atoms with Crippen molar-refractivity contribution in [3.63, 3.8) is 0 Å². The van der Waals surface area contributed by atoms with Crippen molar-refractivity contribution >= 4 is 82.5 Å².